The molecule has 1 unspecified atom stereocenters. The molecule has 0 radical (unpaired) electrons. The smallest absolute Gasteiger partial charge is 0.0694 e. The van der Waals surface area contributed by atoms with Gasteiger partial charge in [-0.3, -0.25) is 0 Å². The van der Waals surface area contributed by atoms with Crippen molar-refractivity contribution in [1.29, 1.82) is 0 Å². The first-order chi connectivity index (χ1) is 9.45. The zero-order valence-electron chi connectivity index (χ0n) is 12.9. The maximum absolute atomic E-state index is 5.65. The van der Waals surface area contributed by atoms with E-state index >= 15 is 0 Å². The van der Waals surface area contributed by atoms with Gasteiger partial charge in [-0.05, 0) is 45.0 Å². The Hall–Kier alpha value is -0.580. The standard InChI is InChI=1S/C16H25BrN2O/c1-5-18-12(2)14-7-6-13(17)10-15(14)19-8-9-20-11-16(19,3)4/h6-7,10,12,18H,5,8-9,11H2,1-4H3. The average molecular weight is 341 g/mol. The molecule has 1 fully saturated rings. The summed E-state index contributed by atoms with van der Waals surface area (Å²) < 4.78 is 6.77. The van der Waals surface area contributed by atoms with Crippen LogP contribution in [0.15, 0.2) is 22.7 Å². The Bertz CT molecular complexity index is 462. The number of halogens is 1. The molecule has 0 saturated carbocycles. The summed E-state index contributed by atoms with van der Waals surface area (Å²) in [5.74, 6) is 0. The number of nitrogens with one attached hydrogen (secondary N) is 1. The predicted molar refractivity (Wildman–Crippen MR) is 88.5 cm³/mol. The molecule has 3 nitrogen and oxygen atoms in total. The van der Waals surface area contributed by atoms with E-state index in [-0.39, 0.29) is 5.54 Å². The highest BCUT2D eigenvalue weighted by molar-refractivity contribution is 9.10. The molecular weight excluding hydrogens is 316 g/mol. The van der Waals surface area contributed by atoms with Gasteiger partial charge < -0.3 is 15.0 Å². The number of benzene rings is 1. The van der Waals surface area contributed by atoms with E-state index in [1.54, 1.807) is 0 Å². The SMILES string of the molecule is CCNC(C)c1ccc(Br)cc1N1CCOCC1(C)C. The van der Waals surface area contributed by atoms with Crippen molar-refractivity contribution >= 4 is 21.6 Å². The number of morpholine rings is 1. The Kier molecular flexibility index (Phi) is 5.10. The van der Waals surface area contributed by atoms with Crippen LogP contribution in [0.2, 0.25) is 0 Å². The molecule has 0 aliphatic carbocycles. The lowest BCUT2D eigenvalue weighted by molar-refractivity contribution is 0.0642. The van der Waals surface area contributed by atoms with Crippen molar-refractivity contribution in [2.75, 3.05) is 31.2 Å². The number of hydrogen-bond donors (Lipinski definition) is 1. The van der Waals surface area contributed by atoms with Crippen LogP contribution in [0.5, 0.6) is 0 Å². The lowest BCUT2D eigenvalue weighted by atomic mass is 9.97. The third-order valence-corrected chi connectivity index (χ3v) is 4.40. The Balaban J connectivity index is 2.40. The highest BCUT2D eigenvalue weighted by Crippen LogP contribution is 2.35. The van der Waals surface area contributed by atoms with Crippen molar-refractivity contribution in [1.82, 2.24) is 5.32 Å². The minimum atomic E-state index is 0.0275. The van der Waals surface area contributed by atoms with Gasteiger partial charge in [-0.2, -0.15) is 0 Å². The van der Waals surface area contributed by atoms with Crippen molar-refractivity contribution in [3.8, 4) is 0 Å². The molecule has 1 atom stereocenters. The van der Waals surface area contributed by atoms with E-state index < -0.39 is 0 Å². The molecule has 1 aromatic carbocycles. The Morgan fingerprint density at radius 3 is 2.85 bits per heavy atom. The number of ether oxygens (including phenoxy) is 1. The maximum atomic E-state index is 5.65. The second-order valence-corrected chi connectivity index (χ2v) is 6.91. The van der Waals surface area contributed by atoms with Crippen molar-refractivity contribution in [3.63, 3.8) is 0 Å². The summed E-state index contributed by atoms with van der Waals surface area (Å²) in [4.78, 5) is 2.48. The van der Waals surface area contributed by atoms with Gasteiger partial charge >= 0.3 is 0 Å². The summed E-state index contributed by atoms with van der Waals surface area (Å²) in [6.07, 6.45) is 0. The molecule has 4 heteroatoms. The lowest BCUT2D eigenvalue weighted by Crippen LogP contribution is -2.53. The third-order valence-electron chi connectivity index (χ3n) is 3.91. The fourth-order valence-corrected chi connectivity index (χ4v) is 3.19. The molecule has 1 N–H and O–H groups in total. The zero-order chi connectivity index (χ0) is 14.8. The molecule has 2 rings (SSSR count). The second-order valence-electron chi connectivity index (χ2n) is 6.00. The Labute approximate surface area is 130 Å². The molecule has 1 aromatic rings. The molecule has 1 saturated heterocycles. The van der Waals surface area contributed by atoms with Crippen LogP contribution in [0.25, 0.3) is 0 Å². The van der Waals surface area contributed by atoms with E-state index in [0.717, 1.165) is 30.8 Å². The fourth-order valence-electron chi connectivity index (χ4n) is 2.84. The second kappa shape index (κ2) is 6.46. The van der Waals surface area contributed by atoms with Gasteiger partial charge in [0.15, 0.2) is 0 Å². The van der Waals surface area contributed by atoms with Gasteiger partial charge in [-0.25, -0.2) is 0 Å². The highest BCUT2D eigenvalue weighted by Gasteiger charge is 2.32. The van der Waals surface area contributed by atoms with Crippen molar-refractivity contribution in [2.24, 2.45) is 0 Å². The van der Waals surface area contributed by atoms with Crippen LogP contribution in [0.3, 0.4) is 0 Å². The predicted octanol–water partition coefficient (Wildman–Crippen LogP) is 3.73. The summed E-state index contributed by atoms with van der Waals surface area (Å²) in [5.41, 5.74) is 2.69. The summed E-state index contributed by atoms with van der Waals surface area (Å²) in [7, 11) is 0. The number of nitrogens with zero attached hydrogens (tertiary/aromatic N) is 1. The minimum absolute atomic E-state index is 0.0275. The van der Waals surface area contributed by atoms with Gasteiger partial charge in [-0.15, -0.1) is 0 Å². The molecule has 1 aliphatic rings. The van der Waals surface area contributed by atoms with Gasteiger partial charge in [0.1, 0.15) is 0 Å². The fraction of sp³-hybridized carbons (Fsp3) is 0.625. The van der Waals surface area contributed by atoms with Crippen LogP contribution in [0, 0.1) is 0 Å². The van der Waals surface area contributed by atoms with Crippen molar-refractivity contribution in [2.45, 2.75) is 39.3 Å². The van der Waals surface area contributed by atoms with E-state index in [0.29, 0.717) is 6.04 Å². The summed E-state index contributed by atoms with van der Waals surface area (Å²) >= 11 is 3.61. The molecule has 0 bridgehead atoms. The molecule has 1 heterocycles. The Morgan fingerprint density at radius 2 is 2.20 bits per heavy atom. The summed E-state index contributed by atoms with van der Waals surface area (Å²) in [6, 6.07) is 6.93. The summed E-state index contributed by atoms with van der Waals surface area (Å²) in [6.45, 7) is 12.3. The minimum Gasteiger partial charge on any atom is -0.377 e. The van der Waals surface area contributed by atoms with Crippen molar-refractivity contribution < 1.29 is 4.74 Å². The van der Waals surface area contributed by atoms with Gasteiger partial charge in [-0.1, -0.05) is 28.9 Å². The van der Waals surface area contributed by atoms with Crippen LogP contribution in [0.4, 0.5) is 5.69 Å². The van der Waals surface area contributed by atoms with E-state index in [2.05, 4.69) is 72.0 Å². The largest absolute Gasteiger partial charge is 0.377 e. The van der Waals surface area contributed by atoms with Crippen LogP contribution >= 0.6 is 15.9 Å². The highest BCUT2D eigenvalue weighted by atomic mass is 79.9. The number of anilines is 1. The third kappa shape index (κ3) is 3.35. The molecule has 1 aliphatic heterocycles. The van der Waals surface area contributed by atoms with Gasteiger partial charge in [0, 0.05) is 22.7 Å². The van der Waals surface area contributed by atoms with Crippen molar-refractivity contribution in [3.05, 3.63) is 28.2 Å². The maximum Gasteiger partial charge on any atom is 0.0694 e. The molecule has 0 aromatic heterocycles. The lowest BCUT2D eigenvalue weighted by Gasteiger charge is -2.45. The van der Waals surface area contributed by atoms with Gasteiger partial charge in [0.25, 0.3) is 0 Å². The molecule has 20 heavy (non-hydrogen) atoms. The molecule has 0 spiro atoms. The van der Waals surface area contributed by atoms with Crippen LogP contribution in [-0.4, -0.2) is 31.8 Å². The summed E-state index contributed by atoms with van der Waals surface area (Å²) in [5, 5.41) is 3.51. The molecule has 0 amide bonds. The van der Waals surface area contributed by atoms with Crippen LogP contribution in [0.1, 0.15) is 39.3 Å². The van der Waals surface area contributed by atoms with E-state index in [4.69, 9.17) is 4.74 Å². The van der Waals surface area contributed by atoms with E-state index in [9.17, 15) is 0 Å². The first-order valence-corrected chi connectivity index (χ1v) is 8.13. The normalized spacial score (nSPS) is 19.9. The first-order valence-electron chi connectivity index (χ1n) is 7.34. The number of hydrogen-bond acceptors (Lipinski definition) is 3. The van der Waals surface area contributed by atoms with Gasteiger partial charge in [0.2, 0.25) is 0 Å². The average Bonchev–Trinajstić information content (AvgIpc) is 2.38. The first kappa shape index (κ1) is 15.8. The van der Waals surface area contributed by atoms with E-state index in [1.165, 1.54) is 11.3 Å². The molecular formula is C16H25BrN2O. The monoisotopic (exact) mass is 340 g/mol. The van der Waals surface area contributed by atoms with E-state index in [1.807, 2.05) is 0 Å². The van der Waals surface area contributed by atoms with Crippen LogP contribution in [-0.2, 0) is 4.74 Å². The number of rotatable bonds is 4. The van der Waals surface area contributed by atoms with Crippen LogP contribution < -0.4 is 10.2 Å². The zero-order valence-corrected chi connectivity index (χ0v) is 14.5. The van der Waals surface area contributed by atoms with Gasteiger partial charge in [0.05, 0.1) is 18.8 Å². The quantitative estimate of drug-likeness (QED) is 0.903. The molecule has 112 valence electrons. The topological polar surface area (TPSA) is 24.5 Å². The Morgan fingerprint density at radius 1 is 1.45 bits per heavy atom.